The molecule has 1 N–H and O–H groups in total. The maximum atomic E-state index is 12.9. The zero-order chi connectivity index (χ0) is 16.6. The van der Waals surface area contributed by atoms with E-state index in [1.54, 1.807) is 22.5 Å². The number of sulfonamides is 1. The van der Waals surface area contributed by atoms with Crippen LogP contribution in [0.25, 0.3) is 0 Å². The zero-order valence-electron chi connectivity index (χ0n) is 13.7. The van der Waals surface area contributed by atoms with Gasteiger partial charge >= 0.3 is 0 Å². The van der Waals surface area contributed by atoms with E-state index in [1.807, 2.05) is 0 Å². The third kappa shape index (κ3) is 3.38. The van der Waals surface area contributed by atoms with E-state index in [4.69, 9.17) is 9.47 Å². The van der Waals surface area contributed by atoms with Crippen LogP contribution in [0.1, 0.15) is 25.7 Å². The van der Waals surface area contributed by atoms with Crippen LogP contribution >= 0.6 is 0 Å². The monoisotopic (exact) mass is 352 g/mol. The van der Waals surface area contributed by atoms with Gasteiger partial charge in [-0.2, -0.15) is 4.31 Å². The summed E-state index contributed by atoms with van der Waals surface area (Å²) in [6, 6.07) is 5.32. The van der Waals surface area contributed by atoms with E-state index in [1.165, 1.54) is 12.8 Å². The van der Waals surface area contributed by atoms with Gasteiger partial charge in [-0.15, -0.1) is 0 Å². The molecule has 1 aromatic rings. The predicted octanol–water partition coefficient (Wildman–Crippen LogP) is 1.61. The van der Waals surface area contributed by atoms with E-state index in [2.05, 4.69) is 5.32 Å². The van der Waals surface area contributed by atoms with Crippen molar-refractivity contribution < 1.29 is 17.9 Å². The molecule has 0 spiro atoms. The Bertz CT molecular complexity index is 695. The van der Waals surface area contributed by atoms with Crippen LogP contribution in [0.3, 0.4) is 0 Å². The molecular weight excluding hydrogens is 328 g/mol. The molecule has 0 unspecified atom stereocenters. The van der Waals surface area contributed by atoms with Crippen molar-refractivity contribution in [3.05, 3.63) is 18.2 Å². The molecule has 2 heterocycles. The number of rotatable bonds is 5. The molecule has 4 rings (SSSR count). The Morgan fingerprint density at radius 2 is 1.75 bits per heavy atom. The molecular formula is C17H24N2O4S. The smallest absolute Gasteiger partial charge is 0.243 e. The lowest BCUT2D eigenvalue weighted by atomic mass is 10.1. The van der Waals surface area contributed by atoms with Gasteiger partial charge in [0, 0.05) is 25.2 Å². The quantitative estimate of drug-likeness (QED) is 0.872. The molecule has 24 heavy (non-hydrogen) atoms. The summed E-state index contributed by atoms with van der Waals surface area (Å²) in [5, 5.41) is 3.58. The first-order chi connectivity index (χ1) is 11.6. The Morgan fingerprint density at radius 3 is 2.46 bits per heavy atom. The number of piperidine rings is 1. The van der Waals surface area contributed by atoms with Crippen molar-refractivity contribution in [1.29, 1.82) is 0 Å². The van der Waals surface area contributed by atoms with Crippen LogP contribution < -0.4 is 14.8 Å². The van der Waals surface area contributed by atoms with Crippen LogP contribution in [-0.2, 0) is 10.0 Å². The summed E-state index contributed by atoms with van der Waals surface area (Å²) in [5.41, 5.74) is 0. The highest BCUT2D eigenvalue weighted by molar-refractivity contribution is 7.89. The summed E-state index contributed by atoms with van der Waals surface area (Å²) in [5.74, 6) is 1.98. The molecule has 0 radical (unpaired) electrons. The molecule has 0 bridgehead atoms. The molecule has 0 aromatic heterocycles. The summed E-state index contributed by atoms with van der Waals surface area (Å²) < 4.78 is 38.3. The largest absolute Gasteiger partial charge is 0.486 e. The average molecular weight is 352 g/mol. The minimum Gasteiger partial charge on any atom is -0.486 e. The topological polar surface area (TPSA) is 67.9 Å². The number of ether oxygens (including phenoxy) is 2. The van der Waals surface area contributed by atoms with E-state index in [9.17, 15) is 8.42 Å². The van der Waals surface area contributed by atoms with Crippen LogP contribution in [0, 0.1) is 5.92 Å². The highest BCUT2D eigenvalue weighted by Gasteiger charge is 2.31. The standard InChI is InChI=1S/C17H24N2O4S/c20-24(21,15-3-4-16-17(11-15)23-10-9-22-16)19-7-5-14(6-8-19)18-12-13-1-2-13/h3-4,11,13-14,18H,1-2,5-10,12H2. The first-order valence-electron chi connectivity index (χ1n) is 8.76. The van der Waals surface area contributed by atoms with Crippen molar-refractivity contribution in [2.45, 2.75) is 36.6 Å². The fourth-order valence-electron chi connectivity index (χ4n) is 3.29. The van der Waals surface area contributed by atoms with Gasteiger partial charge in [-0.3, -0.25) is 0 Å². The maximum Gasteiger partial charge on any atom is 0.243 e. The molecule has 1 saturated heterocycles. The molecule has 2 aliphatic heterocycles. The fraction of sp³-hybridized carbons (Fsp3) is 0.647. The van der Waals surface area contributed by atoms with Gasteiger partial charge in [-0.05, 0) is 50.3 Å². The second-order valence-corrected chi connectivity index (χ2v) is 8.77. The maximum absolute atomic E-state index is 12.9. The van der Waals surface area contributed by atoms with Gasteiger partial charge in [0.25, 0.3) is 0 Å². The Labute approximate surface area is 143 Å². The van der Waals surface area contributed by atoms with Gasteiger partial charge in [0.2, 0.25) is 10.0 Å². The van der Waals surface area contributed by atoms with Gasteiger partial charge in [-0.1, -0.05) is 0 Å². The van der Waals surface area contributed by atoms with Crippen molar-refractivity contribution in [2.75, 3.05) is 32.8 Å². The van der Waals surface area contributed by atoms with Crippen LogP contribution in [0.15, 0.2) is 23.1 Å². The van der Waals surface area contributed by atoms with E-state index < -0.39 is 10.0 Å². The Balaban J connectivity index is 1.41. The summed E-state index contributed by atoms with van der Waals surface area (Å²) in [4.78, 5) is 0.288. The number of hydrogen-bond donors (Lipinski definition) is 1. The Hall–Kier alpha value is -1.31. The second kappa shape index (κ2) is 6.54. The number of nitrogens with zero attached hydrogens (tertiary/aromatic N) is 1. The zero-order valence-corrected chi connectivity index (χ0v) is 14.6. The number of fused-ring (bicyclic) bond motifs is 1. The van der Waals surface area contributed by atoms with Crippen molar-refractivity contribution in [3.63, 3.8) is 0 Å². The Morgan fingerprint density at radius 1 is 1.04 bits per heavy atom. The minimum absolute atomic E-state index is 0.288. The molecule has 0 atom stereocenters. The number of benzene rings is 1. The van der Waals surface area contributed by atoms with E-state index in [-0.39, 0.29) is 4.90 Å². The molecule has 6 nitrogen and oxygen atoms in total. The lowest BCUT2D eigenvalue weighted by Gasteiger charge is -2.32. The van der Waals surface area contributed by atoms with Gasteiger partial charge in [0.1, 0.15) is 13.2 Å². The van der Waals surface area contributed by atoms with Crippen molar-refractivity contribution >= 4 is 10.0 Å². The molecule has 1 aromatic carbocycles. The average Bonchev–Trinajstić information content (AvgIpc) is 3.44. The summed E-state index contributed by atoms with van der Waals surface area (Å²) in [6.45, 7) is 3.17. The normalized spacial score (nSPS) is 22.5. The first-order valence-corrected chi connectivity index (χ1v) is 10.2. The van der Waals surface area contributed by atoms with E-state index in [0.717, 1.165) is 25.3 Å². The first kappa shape index (κ1) is 16.2. The van der Waals surface area contributed by atoms with Gasteiger partial charge in [0.05, 0.1) is 4.90 Å². The lowest BCUT2D eigenvalue weighted by Crippen LogP contribution is -2.45. The molecule has 2 fully saturated rings. The third-order valence-electron chi connectivity index (χ3n) is 5.00. The minimum atomic E-state index is -3.47. The molecule has 3 aliphatic rings. The molecule has 1 saturated carbocycles. The second-order valence-electron chi connectivity index (χ2n) is 6.84. The van der Waals surface area contributed by atoms with Crippen LogP contribution in [0.5, 0.6) is 11.5 Å². The lowest BCUT2D eigenvalue weighted by molar-refractivity contribution is 0.171. The Kier molecular flexibility index (Phi) is 4.40. The van der Waals surface area contributed by atoms with Crippen molar-refractivity contribution in [3.8, 4) is 11.5 Å². The summed E-state index contributed by atoms with van der Waals surface area (Å²) in [7, 11) is -3.47. The molecule has 7 heteroatoms. The molecule has 1 aliphatic carbocycles. The van der Waals surface area contributed by atoms with Crippen molar-refractivity contribution in [1.82, 2.24) is 9.62 Å². The third-order valence-corrected chi connectivity index (χ3v) is 6.89. The van der Waals surface area contributed by atoms with Crippen LogP contribution in [-0.4, -0.2) is 51.6 Å². The van der Waals surface area contributed by atoms with E-state index >= 15 is 0 Å². The SMILES string of the molecule is O=S(=O)(c1ccc2c(c1)OCCO2)N1CCC(NCC2CC2)CC1. The number of nitrogens with one attached hydrogen (secondary N) is 1. The molecule has 0 amide bonds. The summed E-state index contributed by atoms with van der Waals surface area (Å²) >= 11 is 0. The van der Waals surface area contributed by atoms with Gasteiger partial charge in [-0.25, -0.2) is 8.42 Å². The fourth-order valence-corrected chi connectivity index (χ4v) is 4.77. The van der Waals surface area contributed by atoms with Crippen LogP contribution in [0.2, 0.25) is 0 Å². The highest BCUT2D eigenvalue weighted by Crippen LogP contribution is 2.33. The summed E-state index contributed by atoms with van der Waals surface area (Å²) in [6.07, 6.45) is 4.42. The van der Waals surface area contributed by atoms with Crippen molar-refractivity contribution in [2.24, 2.45) is 5.92 Å². The number of hydrogen-bond acceptors (Lipinski definition) is 5. The van der Waals surface area contributed by atoms with E-state index in [0.29, 0.717) is 43.8 Å². The van der Waals surface area contributed by atoms with Gasteiger partial charge in [0.15, 0.2) is 11.5 Å². The predicted molar refractivity (Wildman–Crippen MR) is 89.9 cm³/mol. The van der Waals surface area contributed by atoms with Crippen LogP contribution in [0.4, 0.5) is 0 Å². The highest BCUT2D eigenvalue weighted by atomic mass is 32.2. The molecule has 132 valence electrons. The van der Waals surface area contributed by atoms with Gasteiger partial charge < -0.3 is 14.8 Å².